The van der Waals surface area contributed by atoms with Crippen LogP contribution in [-0.4, -0.2) is 13.1 Å². The average molecular weight is 211 g/mol. The summed E-state index contributed by atoms with van der Waals surface area (Å²) in [5, 5.41) is 0.692. The number of aryl methyl sites for hydroxylation is 1. The molecule has 0 N–H and O–H groups in total. The zero-order valence-corrected chi connectivity index (χ0v) is 8.84. The SMILES string of the molecule is COC(=O)/C=C\c1ccc(Cl)cc1C. The van der Waals surface area contributed by atoms with E-state index in [9.17, 15) is 4.79 Å². The van der Waals surface area contributed by atoms with E-state index >= 15 is 0 Å². The molecule has 0 bridgehead atoms. The monoisotopic (exact) mass is 210 g/mol. The van der Waals surface area contributed by atoms with Gasteiger partial charge in [-0.15, -0.1) is 0 Å². The first kappa shape index (κ1) is 10.8. The standard InChI is InChI=1S/C11H11ClO2/c1-8-7-10(12)5-3-9(8)4-6-11(13)14-2/h3-7H,1-2H3/b6-4-. The van der Waals surface area contributed by atoms with E-state index in [4.69, 9.17) is 11.6 Å². The second-order valence-corrected chi connectivity index (χ2v) is 3.29. The molecule has 1 aromatic carbocycles. The Morgan fingerprint density at radius 2 is 2.21 bits per heavy atom. The Hall–Kier alpha value is -1.28. The highest BCUT2D eigenvalue weighted by Gasteiger charge is 1.96. The van der Waals surface area contributed by atoms with Crippen LogP contribution in [0.2, 0.25) is 5.02 Å². The molecular formula is C11H11ClO2. The largest absolute Gasteiger partial charge is 0.466 e. The zero-order valence-electron chi connectivity index (χ0n) is 8.08. The predicted octanol–water partition coefficient (Wildman–Crippen LogP) is 2.83. The van der Waals surface area contributed by atoms with Crippen molar-refractivity contribution in [1.29, 1.82) is 0 Å². The Labute approximate surface area is 88.1 Å². The van der Waals surface area contributed by atoms with E-state index in [1.54, 1.807) is 12.1 Å². The number of carbonyl (C=O) groups excluding carboxylic acids is 1. The number of hydrogen-bond donors (Lipinski definition) is 0. The molecule has 0 spiro atoms. The molecule has 0 saturated carbocycles. The summed E-state index contributed by atoms with van der Waals surface area (Å²) in [5.41, 5.74) is 1.98. The van der Waals surface area contributed by atoms with E-state index in [2.05, 4.69) is 4.74 Å². The first-order valence-corrected chi connectivity index (χ1v) is 4.53. The first-order chi connectivity index (χ1) is 6.63. The average Bonchev–Trinajstić information content (AvgIpc) is 2.16. The number of methoxy groups -OCH3 is 1. The molecule has 0 fully saturated rings. The number of carbonyl (C=O) groups is 1. The summed E-state index contributed by atoms with van der Waals surface area (Å²) < 4.78 is 4.48. The number of benzene rings is 1. The van der Waals surface area contributed by atoms with Gasteiger partial charge in [0.15, 0.2) is 0 Å². The minimum atomic E-state index is -0.362. The second-order valence-electron chi connectivity index (χ2n) is 2.86. The van der Waals surface area contributed by atoms with Gasteiger partial charge in [-0.3, -0.25) is 0 Å². The first-order valence-electron chi connectivity index (χ1n) is 4.15. The van der Waals surface area contributed by atoms with Gasteiger partial charge in [-0.25, -0.2) is 4.79 Å². The van der Waals surface area contributed by atoms with Crippen LogP contribution in [0.4, 0.5) is 0 Å². The van der Waals surface area contributed by atoms with E-state index in [0.29, 0.717) is 5.02 Å². The van der Waals surface area contributed by atoms with Crippen LogP contribution in [-0.2, 0) is 9.53 Å². The molecule has 0 unspecified atom stereocenters. The number of esters is 1. The van der Waals surface area contributed by atoms with Crippen molar-refractivity contribution in [3.8, 4) is 0 Å². The van der Waals surface area contributed by atoms with Gasteiger partial charge in [0.05, 0.1) is 7.11 Å². The summed E-state index contributed by atoms with van der Waals surface area (Å²) in [6.45, 7) is 1.93. The molecule has 0 radical (unpaired) electrons. The lowest BCUT2D eigenvalue weighted by Crippen LogP contribution is -1.93. The molecule has 0 amide bonds. The number of hydrogen-bond acceptors (Lipinski definition) is 2. The van der Waals surface area contributed by atoms with Gasteiger partial charge in [-0.1, -0.05) is 17.7 Å². The topological polar surface area (TPSA) is 26.3 Å². The minimum Gasteiger partial charge on any atom is -0.466 e. The van der Waals surface area contributed by atoms with Crippen LogP contribution >= 0.6 is 11.6 Å². The quantitative estimate of drug-likeness (QED) is 0.554. The van der Waals surface area contributed by atoms with Crippen molar-refractivity contribution in [1.82, 2.24) is 0 Å². The maximum absolute atomic E-state index is 10.8. The smallest absolute Gasteiger partial charge is 0.330 e. The lowest BCUT2D eigenvalue weighted by atomic mass is 10.1. The minimum absolute atomic E-state index is 0.362. The molecule has 1 rings (SSSR count). The fourth-order valence-corrected chi connectivity index (χ4v) is 1.28. The van der Waals surface area contributed by atoms with Crippen molar-refractivity contribution < 1.29 is 9.53 Å². The van der Waals surface area contributed by atoms with E-state index < -0.39 is 0 Å². The van der Waals surface area contributed by atoms with Crippen LogP contribution in [0.25, 0.3) is 6.08 Å². The molecule has 0 heterocycles. The van der Waals surface area contributed by atoms with Crippen LogP contribution in [0.3, 0.4) is 0 Å². The predicted molar refractivity (Wildman–Crippen MR) is 57.2 cm³/mol. The molecule has 3 heteroatoms. The summed E-state index contributed by atoms with van der Waals surface area (Å²) in [5.74, 6) is -0.362. The van der Waals surface area contributed by atoms with Gasteiger partial charge in [-0.05, 0) is 36.3 Å². The van der Waals surface area contributed by atoms with Gasteiger partial charge in [-0.2, -0.15) is 0 Å². The third-order valence-corrected chi connectivity index (χ3v) is 2.07. The normalized spacial score (nSPS) is 10.5. The lowest BCUT2D eigenvalue weighted by molar-refractivity contribution is -0.134. The Balaban J connectivity index is 2.87. The molecule has 0 aliphatic rings. The van der Waals surface area contributed by atoms with Gasteiger partial charge in [0.1, 0.15) is 0 Å². The van der Waals surface area contributed by atoms with Crippen molar-refractivity contribution in [2.75, 3.05) is 7.11 Å². The third kappa shape index (κ3) is 2.89. The van der Waals surface area contributed by atoms with Gasteiger partial charge >= 0.3 is 5.97 Å². The zero-order chi connectivity index (χ0) is 10.6. The van der Waals surface area contributed by atoms with Crippen LogP contribution < -0.4 is 0 Å². The molecule has 0 atom stereocenters. The van der Waals surface area contributed by atoms with Gasteiger partial charge in [0.25, 0.3) is 0 Å². The van der Waals surface area contributed by atoms with Crippen LogP contribution in [0.1, 0.15) is 11.1 Å². The van der Waals surface area contributed by atoms with E-state index in [1.807, 2.05) is 19.1 Å². The number of rotatable bonds is 2. The van der Waals surface area contributed by atoms with Crippen molar-refractivity contribution >= 4 is 23.6 Å². The van der Waals surface area contributed by atoms with Crippen LogP contribution in [0, 0.1) is 6.92 Å². The Bertz CT molecular complexity index is 370. The molecule has 0 saturated heterocycles. The molecule has 1 aromatic rings. The lowest BCUT2D eigenvalue weighted by Gasteiger charge is -1.99. The van der Waals surface area contributed by atoms with Gasteiger partial charge in [0, 0.05) is 11.1 Å². The van der Waals surface area contributed by atoms with E-state index in [0.717, 1.165) is 11.1 Å². The molecule has 2 nitrogen and oxygen atoms in total. The molecule has 74 valence electrons. The highest BCUT2D eigenvalue weighted by atomic mass is 35.5. The summed E-state index contributed by atoms with van der Waals surface area (Å²) in [6.07, 6.45) is 3.09. The summed E-state index contributed by atoms with van der Waals surface area (Å²) in [6, 6.07) is 5.49. The van der Waals surface area contributed by atoms with Crippen molar-refractivity contribution in [2.45, 2.75) is 6.92 Å². The second kappa shape index (κ2) is 4.82. The summed E-state index contributed by atoms with van der Waals surface area (Å²) in [4.78, 5) is 10.8. The fraction of sp³-hybridized carbons (Fsp3) is 0.182. The summed E-state index contributed by atoms with van der Waals surface area (Å²) in [7, 11) is 1.35. The van der Waals surface area contributed by atoms with Crippen molar-refractivity contribution in [2.24, 2.45) is 0 Å². The van der Waals surface area contributed by atoms with Crippen LogP contribution in [0.15, 0.2) is 24.3 Å². The number of ether oxygens (including phenoxy) is 1. The third-order valence-electron chi connectivity index (χ3n) is 1.83. The Morgan fingerprint density at radius 3 is 2.79 bits per heavy atom. The summed E-state index contributed by atoms with van der Waals surface area (Å²) >= 11 is 5.79. The Kier molecular flexibility index (Phi) is 3.72. The highest BCUT2D eigenvalue weighted by Crippen LogP contribution is 2.16. The molecule has 0 aliphatic heterocycles. The number of halogens is 1. The van der Waals surface area contributed by atoms with Crippen molar-refractivity contribution in [3.05, 3.63) is 40.4 Å². The van der Waals surface area contributed by atoms with E-state index in [1.165, 1.54) is 13.2 Å². The van der Waals surface area contributed by atoms with Gasteiger partial charge < -0.3 is 4.74 Å². The molecular weight excluding hydrogens is 200 g/mol. The maximum atomic E-state index is 10.8. The van der Waals surface area contributed by atoms with Crippen molar-refractivity contribution in [3.63, 3.8) is 0 Å². The molecule has 0 aromatic heterocycles. The van der Waals surface area contributed by atoms with Crippen LogP contribution in [0.5, 0.6) is 0 Å². The Morgan fingerprint density at radius 1 is 1.50 bits per heavy atom. The van der Waals surface area contributed by atoms with E-state index in [-0.39, 0.29) is 5.97 Å². The highest BCUT2D eigenvalue weighted by molar-refractivity contribution is 6.30. The molecule has 14 heavy (non-hydrogen) atoms. The molecule has 0 aliphatic carbocycles. The van der Waals surface area contributed by atoms with Gasteiger partial charge in [0.2, 0.25) is 0 Å². The fourth-order valence-electron chi connectivity index (χ4n) is 1.05. The maximum Gasteiger partial charge on any atom is 0.330 e.